The van der Waals surface area contributed by atoms with Crippen molar-refractivity contribution in [2.24, 2.45) is 0 Å². The highest BCUT2D eigenvalue weighted by molar-refractivity contribution is 6.50. The minimum Gasteiger partial charge on any atom is -0.490 e. The Hall–Kier alpha value is -2.93. The molecule has 5 nitrogen and oxygen atoms in total. The molecule has 8 heteroatoms. The van der Waals surface area contributed by atoms with Crippen molar-refractivity contribution in [3.63, 3.8) is 0 Å². The van der Waals surface area contributed by atoms with E-state index in [0.717, 1.165) is 0 Å². The third kappa shape index (κ3) is 4.43. The first kappa shape index (κ1) is 18.8. The third-order valence-electron chi connectivity index (χ3n) is 3.62. The number of aromatic amines is 1. The van der Waals surface area contributed by atoms with Crippen LogP contribution in [-0.4, -0.2) is 23.2 Å². The zero-order valence-electron chi connectivity index (χ0n) is 14.2. The van der Waals surface area contributed by atoms with Gasteiger partial charge >= 0.3 is 6.61 Å². The highest BCUT2D eigenvalue weighted by atomic mass is 35.5. The summed E-state index contributed by atoms with van der Waals surface area (Å²) < 4.78 is 34.7. The van der Waals surface area contributed by atoms with E-state index in [0.29, 0.717) is 16.5 Å². The van der Waals surface area contributed by atoms with Gasteiger partial charge < -0.3 is 14.5 Å². The van der Waals surface area contributed by atoms with Crippen LogP contribution in [0.15, 0.2) is 47.3 Å². The molecule has 0 amide bonds. The number of fused-ring (bicyclic) bond motifs is 1. The number of hydrogen-bond donors (Lipinski definition) is 1. The molecule has 0 aliphatic heterocycles. The second kappa shape index (κ2) is 8.18. The molecule has 2 aromatic carbocycles. The summed E-state index contributed by atoms with van der Waals surface area (Å²) in [7, 11) is 0. The smallest absolute Gasteiger partial charge is 0.387 e. The van der Waals surface area contributed by atoms with Gasteiger partial charge in [0.15, 0.2) is 17.3 Å². The summed E-state index contributed by atoms with van der Waals surface area (Å²) in [4.78, 5) is 19.1. The van der Waals surface area contributed by atoms with Crippen LogP contribution in [0, 0.1) is 0 Å². The molecule has 140 valence electrons. The van der Waals surface area contributed by atoms with Crippen molar-refractivity contribution in [3.8, 4) is 11.5 Å². The lowest BCUT2D eigenvalue weighted by Gasteiger charge is -2.12. The maximum Gasteiger partial charge on any atom is 0.387 e. The van der Waals surface area contributed by atoms with Crippen LogP contribution in [0.5, 0.6) is 11.5 Å². The van der Waals surface area contributed by atoms with Crippen LogP contribution in [0.25, 0.3) is 22.0 Å². The van der Waals surface area contributed by atoms with Gasteiger partial charge in [-0.15, -0.1) is 0 Å². The van der Waals surface area contributed by atoms with Crippen LogP contribution < -0.4 is 15.0 Å². The molecule has 0 saturated carbocycles. The Bertz CT molecular complexity index is 1050. The van der Waals surface area contributed by atoms with E-state index >= 15 is 0 Å². The van der Waals surface area contributed by atoms with Crippen molar-refractivity contribution in [1.29, 1.82) is 0 Å². The number of halogens is 3. The zero-order valence-corrected chi connectivity index (χ0v) is 15.0. The van der Waals surface area contributed by atoms with Crippen LogP contribution in [0.4, 0.5) is 8.78 Å². The van der Waals surface area contributed by atoms with Gasteiger partial charge in [-0.25, -0.2) is 4.98 Å². The van der Waals surface area contributed by atoms with Crippen LogP contribution >= 0.6 is 11.6 Å². The Balaban J connectivity index is 1.98. The Morgan fingerprint density at radius 2 is 2.04 bits per heavy atom. The fraction of sp³-hybridized carbons (Fsp3) is 0.158. The fourth-order valence-electron chi connectivity index (χ4n) is 2.49. The van der Waals surface area contributed by atoms with E-state index in [2.05, 4.69) is 14.7 Å². The number of rotatable bonds is 6. The van der Waals surface area contributed by atoms with Gasteiger partial charge in [-0.1, -0.05) is 29.8 Å². The van der Waals surface area contributed by atoms with E-state index < -0.39 is 6.61 Å². The molecule has 0 bridgehead atoms. The van der Waals surface area contributed by atoms with Crippen LogP contribution in [-0.2, 0) is 0 Å². The van der Waals surface area contributed by atoms with E-state index in [9.17, 15) is 13.6 Å². The number of aromatic nitrogens is 2. The van der Waals surface area contributed by atoms with Crippen molar-refractivity contribution in [2.75, 3.05) is 6.61 Å². The normalized spacial score (nSPS) is 11.8. The molecule has 1 N–H and O–H groups in total. The Kier molecular flexibility index (Phi) is 5.71. The van der Waals surface area contributed by atoms with E-state index in [4.69, 9.17) is 16.3 Å². The maximum atomic E-state index is 12.5. The molecule has 27 heavy (non-hydrogen) atoms. The van der Waals surface area contributed by atoms with E-state index in [1.54, 1.807) is 43.3 Å². The maximum absolute atomic E-state index is 12.5. The summed E-state index contributed by atoms with van der Waals surface area (Å²) in [5.74, 6) is 0.291. The number of hydrogen-bond acceptors (Lipinski definition) is 4. The molecule has 0 spiro atoms. The summed E-state index contributed by atoms with van der Waals surface area (Å²) >= 11 is 6.30. The predicted molar refractivity (Wildman–Crippen MR) is 100 cm³/mol. The first-order valence-electron chi connectivity index (χ1n) is 8.06. The number of para-hydroxylation sites is 1. The van der Waals surface area contributed by atoms with Gasteiger partial charge in [0.1, 0.15) is 0 Å². The molecule has 0 atom stereocenters. The van der Waals surface area contributed by atoms with E-state index in [1.807, 2.05) is 0 Å². The Labute approximate surface area is 158 Å². The second-order valence-corrected chi connectivity index (χ2v) is 5.85. The summed E-state index contributed by atoms with van der Waals surface area (Å²) in [6, 6.07) is 11.3. The van der Waals surface area contributed by atoms with Crippen molar-refractivity contribution in [3.05, 3.63) is 64.2 Å². The van der Waals surface area contributed by atoms with Gasteiger partial charge in [0.25, 0.3) is 5.56 Å². The van der Waals surface area contributed by atoms with Crippen molar-refractivity contribution in [2.45, 2.75) is 13.5 Å². The van der Waals surface area contributed by atoms with E-state index in [-0.39, 0.29) is 34.5 Å². The van der Waals surface area contributed by atoms with Gasteiger partial charge in [0.05, 0.1) is 22.5 Å². The average molecular weight is 393 g/mol. The van der Waals surface area contributed by atoms with Crippen LogP contribution in [0.1, 0.15) is 18.3 Å². The van der Waals surface area contributed by atoms with Crippen molar-refractivity contribution in [1.82, 2.24) is 9.97 Å². The molecule has 3 aromatic rings. The minimum absolute atomic E-state index is 0.0719. The SMILES string of the molecule is CCOc1cc(/C=C(\Cl)c2nc3ccccc3c(=O)[nH]2)ccc1OC(F)F. The molecule has 0 aliphatic carbocycles. The fourth-order valence-corrected chi connectivity index (χ4v) is 2.71. The molecule has 0 aliphatic rings. The molecule has 1 heterocycles. The zero-order chi connectivity index (χ0) is 19.4. The lowest BCUT2D eigenvalue weighted by atomic mass is 10.2. The van der Waals surface area contributed by atoms with Crippen molar-refractivity contribution >= 4 is 33.6 Å². The quantitative estimate of drug-likeness (QED) is 0.662. The third-order valence-corrected chi connectivity index (χ3v) is 3.90. The molecule has 3 rings (SSSR count). The Morgan fingerprint density at radius 1 is 1.26 bits per heavy atom. The molecule has 0 radical (unpaired) electrons. The second-order valence-electron chi connectivity index (χ2n) is 5.44. The first-order chi connectivity index (χ1) is 13.0. The minimum atomic E-state index is -2.96. The lowest BCUT2D eigenvalue weighted by Crippen LogP contribution is -2.10. The highest BCUT2D eigenvalue weighted by Gasteiger charge is 2.12. The number of ether oxygens (including phenoxy) is 2. The van der Waals surface area contributed by atoms with Crippen LogP contribution in [0.2, 0.25) is 0 Å². The number of alkyl halides is 2. The van der Waals surface area contributed by atoms with E-state index in [1.165, 1.54) is 12.1 Å². The molecular weight excluding hydrogens is 378 g/mol. The molecule has 0 unspecified atom stereocenters. The number of benzene rings is 2. The molecule has 0 fully saturated rings. The van der Waals surface area contributed by atoms with Crippen molar-refractivity contribution < 1.29 is 18.3 Å². The number of nitrogens with zero attached hydrogens (tertiary/aromatic N) is 1. The van der Waals surface area contributed by atoms with Gasteiger partial charge in [-0.2, -0.15) is 8.78 Å². The summed E-state index contributed by atoms with van der Waals surface area (Å²) in [5, 5.41) is 0.640. The summed E-state index contributed by atoms with van der Waals surface area (Å²) in [6.45, 7) is -0.952. The largest absolute Gasteiger partial charge is 0.490 e. The first-order valence-corrected chi connectivity index (χ1v) is 8.44. The Morgan fingerprint density at radius 3 is 2.78 bits per heavy atom. The summed E-state index contributed by atoms with van der Waals surface area (Å²) in [6.07, 6.45) is 1.54. The molecule has 0 saturated heterocycles. The number of H-pyrrole nitrogens is 1. The van der Waals surface area contributed by atoms with Gasteiger partial charge in [0.2, 0.25) is 0 Å². The monoisotopic (exact) mass is 392 g/mol. The van der Waals surface area contributed by atoms with Gasteiger partial charge in [-0.05, 0) is 42.8 Å². The molecule has 1 aromatic heterocycles. The predicted octanol–water partition coefficient (Wildman–Crippen LogP) is 4.66. The topological polar surface area (TPSA) is 64.2 Å². The van der Waals surface area contributed by atoms with Gasteiger partial charge in [0, 0.05) is 0 Å². The number of nitrogens with one attached hydrogen (secondary N) is 1. The highest BCUT2D eigenvalue weighted by Crippen LogP contribution is 2.31. The van der Waals surface area contributed by atoms with Gasteiger partial charge in [-0.3, -0.25) is 4.79 Å². The molecular formula is C19H15ClF2N2O3. The lowest BCUT2D eigenvalue weighted by molar-refractivity contribution is -0.0514. The van der Waals surface area contributed by atoms with Crippen LogP contribution in [0.3, 0.4) is 0 Å². The summed E-state index contributed by atoms with van der Waals surface area (Å²) in [5.41, 5.74) is 0.775. The average Bonchev–Trinajstić information content (AvgIpc) is 2.63. The standard InChI is InChI=1S/C19H15ClF2N2O3/c1-2-26-16-10-11(7-8-15(16)27-19(21)22)9-13(20)17-23-14-6-4-3-5-12(14)18(25)24-17/h3-10,19H,2H2,1H3,(H,23,24,25)/b13-9-.